The molecule has 9 nitrogen and oxygen atoms in total. The van der Waals surface area contributed by atoms with Crippen molar-refractivity contribution in [1.29, 1.82) is 0 Å². The zero-order valence-corrected chi connectivity index (χ0v) is 23.4. The Balaban J connectivity index is 1.29. The van der Waals surface area contributed by atoms with Crippen LogP contribution in [0.2, 0.25) is 0 Å². The number of piperidine rings is 1. The van der Waals surface area contributed by atoms with Crippen LogP contribution in [0.15, 0.2) is 61.1 Å². The summed E-state index contributed by atoms with van der Waals surface area (Å²) in [5.74, 6) is 1.05. The monoisotopic (exact) mass is 537 g/mol. The molecule has 0 radical (unpaired) electrons. The Morgan fingerprint density at radius 1 is 1.05 bits per heavy atom. The van der Waals surface area contributed by atoms with Crippen molar-refractivity contribution in [3.8, 4) is 11.5 Å². The molecule has 3 aromatic heterocycles. The van der Waals surface area contributed by atoms with Gasteiger partial charge in [-0.05, 0) is 57.5 Å². The lowest BCUT2D eigenvalue weighted by atomic mass is 10.0. The molecule has 2 aromatic carbocycles. The van der Waals surface area contributed by atoms with Gasteiger partial charge in [0.25, 0.3) is 5.91 Å². The Morgan fingerprint density at radius 3 is 2.58 bits per heavy atom. The minimum Gasteiger partial charge on any atom is -0.453 e. The van der Waals surface area contributed by atoms with Gasteiger partial charge in [-0.2, -0.15) is 5.10 Å². The molecule has 0 spiro atoms. The number of imidazole rings is 1. The average molecular weight is 538 g/mol. The van der Waals surface area contributed by atoms with Gasteiger partial charge in [0, 0.05) is 61.9 Å². The van der Waals surface area contributed by atoms with Crippen LogP contribution in [0.5, 0.6) is 11.5 Å². The number of carbonyl (C=O) groups is 1. The maximum absolute atomic E-state index is 13.6. The molecule has 1 amide bonds. The summed E-state index contributed by atoms with van der Waals surface area (Å²) in [6.45, 7) is 9.07. The summed E-state index contributed by atoms with van der Waals surface area (Å²) in [5.41, 5.74) is 5.66. The molecule has 0 unspecified atom stereocenters. The maximum atomic E-state index is 13.6. The topological polar surface area (TPSA) is 88.7 Å². The van der Waals surface area contributed by atoms with E-state index in [9.17, 15) is 4.79 Å². The zero-order valence-electron chi connectivity index (χ0n) is 23.4. The summed E-state index contributed by atoms with van der Waals surface area (Å²) < 4.78 is 9.87. The first-order chi connectivity index (χ1) is 19.4. The van der Waals surface area contributed by atoms with Gasteiger partial charge in [0.05, 0.1) is 16.9 Å². The normalized spacial score (nSPS) is 14.2. The third-order valence-corrected chi connectivity index (χ3v) is 7.49. The molecule has 0 bridgehead atoms. The van der Waals surface area contributed by atoms with E-state index in [-0.39, 0.29) is 5.91 Å². The van der Waals surface area contributed by atoms with E-state index >= 15 is 0 Å². The van der Waals surface area contributed by atoms with Gasteiger partial charge in [-0.1, -0.05) is 24.6 Å². The molecule has 0 aliphatic carbocycles. The van der Waals surface area contributed by atoms with Crippen LogP contribution in [0.25, 0.3) is 16.6 Å². The van der Waals surface area contributed by atoms with Crippen LogP contribution in [0.4, 0.5) is 11.4 Å². The molecule has 9 heteroatoms. The van der Waals surface area contributed by atoms with Gasteiger partial charge < -0.3 is 24.7 Å². The van der Waals surface area contributed by atoms with E-state index in [4.69, 9.17) is 4.74 Å². The number of rotatable bonds is 7. The quantitative estimate of drug-likeness (QED) is 0.287. The highest BCUT2D eigenvalue weighted by Crippen LogP contribution is 2.33. The highest BCUT2D eigenvalue weighted by molar-refractivity contribution is 6.14. The Kier molecular flexibility index (Phi) is 6.89. The van der Waals surface area contributed by atoms with Gasteiger partial charge in [0.1, 0.15) is 11.3 Å². The minimum absolute atomic E-state index is 0.224. The summed E-state index contributed by atoms with van der Waals surface area (Å²) >= 11 is 0. The van der Waals surface area contributed by atoms with E-state index in [1.54, 1.807) is 4.68 Å². The lowest BCUT2D eigenvalue weighted by Gasteiger charge is -2.34. The molecular formula is C31H35N7O2. The Bertz CT molecular complexity index is 1680. The first-order valence-electron chi connectivity index (χ1n) is 13.9. The van der Waals surface area contributed by atoms with Crippen LogP contribution in [-0.4, -0.2) is 50.7 Å². The van der Waals surface area contributed by atoms with Gasteiger partial charge in [-0.15, -0.1) is 0 Å². The fourth-order valence-corrected chi connectivity index (χ4v) is 5.54. The highest BCUT2D eigenvalue weighted by Gasteiger charge is 2.23. The van der Waals surface area contributed by atoms with Crippen molar-refractivity contribution in [3.05, 3.63) is 77.9 Å². The molecule has 1 fully saturated rings. The number of ether oxygens (including phenoxy) is 1. The summed E-state index contributed by atoms with van der Waals surface area (Å²) in [6, 6.07) is 14.2. The van der Waals surface area contributed by atoms with E-state index in [0.717, 1.165) is 54.8 Å². The Morgan fingerprint density at radius 2 is 1.82 bits per heavy atom. The van der Waals surface area contributed by atoms with Crippen molar-refractivity contribution in [2.24, 2.45) is 7.05 Å². The smallest absolute Gasteiger partial charge is 0.257 e. The van der Waals surface area contributed by atoms with Crippen LogP contribution >= 0.6 is 0 Å². The molecule has 0 saturated carbocycles. The number of fused-ring (bicyclic) bond motifs is 2. The number of aryl methyl sites for hydroxylation is 3. The lowest BCUT2D eigenvalue weighted by Crippen LogP contribution is -2.42. The molecule has 4 heterocycles. The van der Waals surface area contributed by atoms with Crippen LogP contribution in [0.3, 0.4) is 0 Å². The Hall–Kier alpha value is -4.37. The number of amides is 1. The van der Waals surface area contributed by atoms with Crippen molar-refractivity contribution in [2.75, 3.05) is 29.9 Å². The van der Waals surface area contributed by atoms with Crippen molar-refractivity contribution >= 4 is 33.8 Å². The summed E-state index contributed by atoms with van der Waals surface area (Å²) in [7, 11) is 1.90. The minimum atomic E-state index is -0.224. The van der Waals surface area contributed by atoms with E-state index in [1.165, 1.54) is 0 Å². The van der Waals surface area contributed by atoms with Crippen molar-refractivity contribution in [1.82, 2.24) is 24.5 Å². The van der Waals surface area contributed by atoms with E-state index in [2.05, 4.69) is 38.6 Å². The molecular weight excluding hydrogens is 502 g/mol. The van der Waals surface area contributed by atoms with Crippen LogP contribution < -0.4 is 20.3 Å². The van der Waals surface area contributed by atoms with Gasteiger partial charge >= 0.3 is 0 Å². The van der Waals surface area contributed by atoms with Gasteiger partial charge in [0.2, 0.25) is 0 Å². The maximum Gasteiger partial charge on any atom is 0.257 e. The number of nitrogens with one attached hydrogen (secondary N) is 2. The second-order valence-electron chi connectivity index (χ2n) is 10.6. The van der Waals surface area contributed by atoms with E-state index in [0.29, 0.717) is 40.0 Å². The average Bonchev–Trinajstić information content (AvgIpc) is 3.51. The number of pyridine rings is 1. The van der Waals surface area contributed by atoms with Gasteiger partial charge in [-0.25, -0.2) is 4.98 Å². The van der Waals surface area contributed by atoms with Gasteiger partial charge in [-0.3, -0.25) is 9.48 Å². The highest BCUT2D eigenvalue weighted by atomic mass is 16.5. The van der Waals surface area contributed by atoms with E-state index < -0.39 is 0 Å². The molecule has 40 heavy (non-hydrogen) atoms. The standard InChI is InChI=1S/C31H35N7O2/c1-5-32-22-12-14-37(15-13-22)27-11-10-25(29-26(27)19-36(4)35-29)31(39)34-23-16-28(30-33-21(3)17-38(30)18-23)40-24-8-6-20(2)7-9-24/h6-11,16-19,22,32H,5,12-15H2,1-4H3,(H,34,39). The van der Waals surface area contributed by atoms with E-state index in [1.807, 2.05) is 80.3 Å². The van der Waals surface area contributed by atoms with Crippen LogP contribution in [0.1, 0.15) is 41.4 Å². The van der Waals surface area contributed by atoms with Gasteiger partial charge in [0.15, 0.2) is 11.4 Å². The largest absolute Gasteiger partial charge is 0.453 e. The molecule has 5 aromatic rings. The third-order valence-electron chi connectivity index (χ3n) is 7.49. The fourth-order valence-electron chi connectivity index (χ4n) is 5.54. The Labute approximate surface area is 233 Å². The zero-order chi connectivity index (χ0) is 27.8. The van der Waals surface area contributed by atoms with Crippen molar-refractivity contribution < 1.29 is 9.53 Å². The lowest BCUT2D eigenvalue weighted by molar-refractivity contribution is 0.102. The second-order valence-corrected chi connectivity index (χ2v) is 10.6. The molecule has 206 valence electrons. The number of aromatic nitrogens is 4. The summed E-state index contributed by atoms with van der Waals surface area (Å²) in [4.78, 5) is 20.7. The SMILES string of the molecule is CCNC1CCN(c2ccc(C(=O)Nc3cc(Oc4ccc(C)cc4)c4nc(C)cn4c3)c3nn(C)cc23)CC1. The number of hydrogen-bond acceptors (Lipinski definition) is 6. The summed E-state index contributed by atoms with van der Waals surface area (Å²) in [6.07, 6.45) is 7.97. The number of anilines is 2. The second kappa shape index (κ2) is 10.7. The first-order valence-corrected chi connectivity index (χ1v) is 13.9. The fraction of sp³-hybridized carbons (Fsp3) is 0.323. The molecule has 0 atom stereocenters. The van der Waals surface area contributed by atoms with Crippen molar-refractivity contribution in [2.45, 2.75) is 39.7 Å². The molecule has 1 aliphatic rings. The van der Waals surface area contributed by atoms with Crippen LogP contribution in [-0.2, 0) is 7.05 Å². The molecule has 1 saturated heterocycles. The first kappa shape index (κ1) is 25.9. The predicted molar refractivity (Wildman–Crippen MR) is 159 cm³/mol. The number of carbonyl (C=O) groups excluding carboxylic acids is 1. The number of nitrogens with zero attached hydrogens (tertiary/aromatic N) is 5. The number of benzene rings is 2. The third kappa shape index (κ3) is 5.12. The molecule has 6 rings (SSSR count). The van der Waals surface area contributed by atoms with Crippen molar-refractivity contribution in [3.63, 3.8) is 0 Å². The summed E-state index contributed by atoms with van der Waals surface area (Å²) in [5, 5.41) is 12.3. The molecule has 2 N–H and O–H groups in total. The number of hydrogen-bond donors (Lipinski definition) is 2. The molecule has 1 aliphatic heterocycles. The predicted octanol–water partition coefficient (Wildman–Crippen LogP) is 5.46. The van der Waals surface area contributed by atoms with Crippen LogP contribution in [0, 0.1) is 13.8 Å².